The number of ether oxygens (including phenoxy) is 1. The molecule has 29 heavy (non-hydrogen) atoms. The fourth-order valence-electron chi connectivity index (χ4n) is 3.24. The summed E-state index contributed by atoms with van der Waals surface area (Å²) in [6, 6.07) is 9.07. The molecule has 0 saturated carbocycles. The minimum atomic E-state index is -1.36. The number of aliphatic hydroxyl groups is 3. The summed E-state index contributed by atoms with van der Waals surface area (Å²) in [6.45, 7) is -0.490. The Balaban J connectivity index is 1.62. The molecule has 0 spiro atoms. The first-order valence-corrected chi connectivity index (χ1v) is 8.91. The molecule has 1 aliphatic rings. The van der Waals surface area contributed by atoms with Crippen LogP contribution in [0.2, 0.25) is 0 Å². The number of anilines is 1. The number of imidazole rings is 1. The molecule has 0 radical (unpaired) electrons. The summed E-state index contributed by atoms with van der Waals surface area (Å²) in [6.07, 6.45) is -3.43. The number of carbonyl (C=O) groups excluding carboxylic acids is 1. The Bertz CT molecular complexity index is 1080. The van der Waals surface area contributed by atoms with Gasteiger partial charge < -0.3 is 20.1 Å². The molecule has 1 aromatic carbocycles. The molecule has 1 amide bonds. The largest absolute Gasteiger partial charge is 0.394 e. The molecular weight excluding hydrogens is 382 g/mol. The van der Waals surface area contributed by atoms with Crippen LogP contribution in [-0.4, -0.2) is 65.7 Å². The van der Waals surface area contributed by atoms with E-state index in [4.69, 9.17) is 4.74 Å². The number of aromatic amines is 1. The van der Waals surface area contributed by atoms with Crippen LogP contribution in [0.25, 0.3) is 11.2 Å². The van der Waals surface area contributed by atoms with Crippen LogP contribution in [-0.2, 0) is 16.0 Å². The van der Waals surface area contributed by atoms with Gasteiger partial charge in [0.25, 0.3) is 5.56 Å². The molecule has 11 nitrogen and oxygen atoms in total. The van der Waals surface area contributed by atoms with Crippen LogP contribution in [0.3, 0.4) is 0 Å². The summed E-state index contributed by atoms with van der Waals surface area (Å²) in [7, 11) is 0. The number of hydrogen-bond acceptors (Lipinski definition) is 8. The van der Waals surface area contributed by atoms with Gasteiger partial charge in [-0.3, -0.25) is 24.5 Å². The van der Waals surface area contributed by atoms with Crippen molar-refractivity contribution in [2.45, 2.75) is 31.0 Å². The van der Waals surface area contributed by atoms with Crippen LogP contribution in [0.5, 0.6) is 0 Å². The van der Waals surface area contributed by atoms with Gasteiger partial charge in [-0.1, -0.05) is 30.3 Å². The van der Waals surface area contributed by atoms with E-state index >= 15 is 0 Å². The van der Waals surface area contributed by atoms with Crippen molar-refractivity contribution < 1.29 is 24.9 Å². The quantitative estimate of drug-likeness (QED) is 0.360. The van der Waals surface area contributed by atoms with E-state index in [0.717, 1.165) is 5.56 Å². The van der Waals surface area contributed by atoms with E-state index in [9.17, 15) is 24.9 Å². The zero-order chi connectivity index (χ0) is 20.5. The first kappa shape index (κ1) is 19.2. The van der Waals surface area contributed by atoms with E-state index in [0.29, 0.717) is 0 Å². The Kier molecular flexibility index (Phi) is 5.11. The van der Waals surface area contributed by atoms with Crippen LogP contribution in [0.4, 0.5) is 5.95 Å². The summed E-state index contributed by atoms with van der Waals surface area (Å²) in [4.78, 5) is 35.2. The van der Waals surface area contributed by atoms with Crippen LogP contribution in [0.1, 0.15) is 11.8 Å². The summed E-state index contributed by atoms with van der Waals surface area (Å²) >= 11 is 0. The van der Waals surface area contributed by atoms with E-state index in [-0.39, 0.29) is 29.4 Å². The second-order valence-electron chi connectivity index (χ2n) is 6.68. The maximum absolute atomic E-state index is 12.3. The number of amides is 1. The molecule has 3 heterocycles. The number of aromatic nitrogens is 4. The summed E-state index contributed by atoms with van der Waals surface area (Å²) in [5.41, 5.74) is 0.239. The van der Waals surface area contributed by atoms with Gasteiger partial charge in [0.05, 0.1) is 19.4 Å². The summed E-state index contributed by atoms with van der Waals surface area (Å²) < 4.78 is 6.74. The minimum absolute atomic E-state index is 0.0243. The molecule has 4 unspecified atom stereocenters. The SMILES string of the molecule is O=C(Cc1ccccc1)Nc1nc2c(ncn2C2OC(CO)C(O)C2O)c(=O)[nH]1. The molecule has 3 aromatic rings. The summed E-state index contributed by atoms with van der Waals surface area (Å²) in [5, 5.41) is 32.0. The topological polar surface area (TPSA) is 163 Å². The zero-order valence-electron chi connectivity index (χ0n) is 15.1. The molecule has 152 valence electrons. The van der Waals surface area contributed by atoms with Gasteiger partial charge in [-0.05, 0) is 5.56 Å². The molecule has 5 N–H and O–H groups in total. The van der Waals surface area contributed by atoms with E-state index < -0.39 is 36.7 Å². The molecule has 1 aliphatic heterocycles. The number of benzene rings is 1. The van der Waals surface area contributed by atoms with Crippen molar-refractivity contribution in [2.24, 2.45) is 0 Å². The van der Waals surface area contributed by atoms with Gasteiger partial charge in [0.1, 0.15) is 18.3 Å². The average molecular weight is 401 g/mol. The predicted octanol–water partition coefficient (Wildman–Crippen LogP) is -1.09. The van der Waals surface area contributed by atoms with Gasteiger partial charge in [-0.15, -0.1) is 0 Å². The van der Waals surface area contributed by atoms with Crippen LogP contribution in [0, 0.1) is 0 Å². The molecule has 0 aliphatic carbocycles. The lowest BCUT2D eigenvalue weighted by Crippen LogP contribution is -2.33. The van der Waals surface area contributed by atoms with Gasteiger partial charge in [-0.25, -0.2) is 4.98 Å². The van der Waals surface area contributed by atoms with Crippen molar-refractivity contribution in [1.29, 1.82) is 0 Å². The highest BCUT2D eigenvalue weighted by atomic mass is 16.6. The Labute approximate surface area is 163 Å². The van der Waals surface area contributed by atoms with E-state index in [2.05, 4.69) is 20.3 Å². The molecule has 0 bridgehead atoms. The number of rotatable bonds is 5. The zero-order valence-corrected chi connectivity index (χ0v) is 15.1. The second-order valence-corrected chi connectivity index (χ2v) is 6.68. The fourth-order valence-corrected chi connectivity index (χ4v) is 3.24. The normalized spacial score (nSPS) is 24.1. The van der Waals surface area contributed by atoms with Crippen molar-refractivity contribution >= 4 is 23.0 Å². The van der Waals surface area contributed by atoms with Crippen molar-refractivity contribution in [1.82, 2.24) is 19.5 Å². The Hall–Kier alpha value is -3.12. The number of aliphatic hydroxyl groups excluding tert-OH is 3. The molecule has 2 aromatic heterocycles. The smallest absolute Gasteiger partial charge is 0.280 e. The Morgan fingerprint density at radius 3 is 2.69 bits per heavy atom. The maximum Gasteiger partial charge on any atom is 0.280 e. The lowest BCUT2D eigenvalue weighted by molar-refractivity contribution is -0.115. The van der Waals surface area contributed by atoms with Crippen molar-refractivity contribution in [3.63, 3.8) is 0 Å². The minimum Gasteiger partial charge on any atom is -0.394 e. The van der Waals surface area contributed by atoms with Gasteiger partial charge in [0.15, 0.2) is 17.4 Å². The molecule has 1 fully saturated rings. The number of hydrogen-bond donors (Lipinski definition) is 5. The number of carbonyl (C=O) groups is 1. The van der Waals surface area contributed by atoms with E-state index in [1.165, 1.54) is 10.9 Å². The lowest BCUT2D eigenvalue weighted by Gasteiger charge is -2.16. The number of nitrogens with zero attached hydrogens (tertiary/aromatic N) is 3. The van der Waals surface area contributed by atoms with Crippen LogP contribution in [0.15, 0.2) is 41.5 Å². The molecule has 11 heteroatoms. The highest BCUT2D eigenvalue weighted by Gasteiger charge is 2.44. The van der Waals surface area contributed by atoms with Crippen LogP contribution >= 0.6 is 0 Å². The van der Waals surface area contributed by atoms with Crippen molar-refractivity contribution in [3.05, 3.63) is 52.6 Å². The predicted molar refractivity (Wildman–Crippen MR) is 99.9 cm³/mol. The van der Waals surface area contributed by atoms with Gasteiger partial charge in [-0.2, -0.15) is 4.98 Å². The van der Waals surface area contributed by atoms with E-state index in [1.54, 1.807) is 12.1 Å². The first-order valence-electron chi connectivity index (χ1n) is 8.91. The maximum atomic E-state index is 12.3. The van der Waals surface area contributed by atoms with Gasteiger partial charge >= 0.3 is 0 Å². The highest BCUT2D eigenvalue weighted by molar-refractivity contribution is 5.91. The van der Waals surface area contributed by atoms with Crippen LogP contribution < -0.4 is 10.9 Å². The van der Waals surface area contributed by atoms with Gasteiger partial charge in [0, 0.05) is 0 Å². The van der Waals surface area contributed by atoms with Gasteiger partial charge in [0.2, 0.25) is 11.9 Å². The van der Waals surface area contributed by atoms with E-state index in [1.807, 2.05) is 18.2 Å². The fraction of sp³-hybridized carbons (Fsp3) is 0.333. The molecule has 4 atom stereocenters. The Morgan fingerprint density at radius 2 is 2.00 bits per heavy atom. The van der Waals surface area contributed by atoms with Crippen molar-refractivity contribution in [3.8, 4) is 0 Å². The van der Waals surface area contributed by atoms with Crippen molar-refractivity contribution in [2.75, 3.05) is 11.9 Å². The number of H-pyrrole nitrogens is 1. The monoisotopic (exact) mass is 401 g/mol. The standard InChI is InChI=1S/C18H19N5O6/c24-7-10-13(26)14(27)17(29-10)23-8-19-12-15(23)21-18(22-16(12)28)20-11(25)6-9-4-2-1-3-5-9/h1-5,8,10,13-14,17,24,26-27H,6-7H2,(H2,20,21,22,25,28). The number of fused-ring (bicyclic) bond motifs is 1. The molecular formula is C18H19N5O6. The average Bonchev–Trinajstić information content (AvgIpc) is 3.24. The third kappa shape index (κ3) is 3.63. The lowest BCUT2D eigenvalue weighted by atomic mass is 10.1. The molecule has 1 saturated heterocycles. The third-order valence-corrected chi connectivity index (χ3v) is 4.69. The summed E-state index contributed by atoms with van der Waals surface area (Å²) in [5.74, 6) is -0.463. The number of nitrogens with one attached hydrogen (secondary N) is 2. The first-order chi connectivity index (χ1) is 14.0. The second kappa shape index (κ2) is 7.72. The molecule has 4 rings (SSSR count). The highest BCUT2D eigenvalue weighted by Crippen LogP contribution is 2.30. The Morgan fingerprint density at radius 1 is 1.24 bits per heavy atom. The third-order valence-electron chi connectivity index (χ3n) is 4.69.